The van der Waals surface area contributed by atoms with Crippen molar-refractivity contribution in [1.29, 1.82) is 0 Å². The zero-order valence-electron chi connectivity index (χ0n) is 8.03. The summed E-state index contributed by atoms with van der Waals surface area (Å²) in [5.74, 6) is -1.61. The minimum absolute atomic E-state index is 0. The van der Waals surface area contributed by atoms with Gasteiger partial charge in [0.25, 0.3) is 0 Å². The molecule has 0 spiro atoms. The Morgan fingerprint density at radius 1 is 1.25 bits per heavy atom. The van der Waals surface area contributed by atoms with Gasteiger partial charge in [0, 0.05) is 5.56 Å². The maximum absolute atomic E-state index is 11.0. The SMILES string of the molecule is NS(=O)(=O)c1cc(C(=O)[O-])c(Cl)cc1Cl.[Na+]. The van der Waals surface area contributed by atoms with E-state index >= 15 is 0 Å². The van der Waals surface area contributed by atoms with Crippen LogP contribution in [0, 0.1) is 0 Å². The number of hydrogen-bond acceptors (Lipinski definition) is 4. The molecule has 0 fully saturated rings. The van der Waals surface area contributed by atoms with Crippen LogP contribution in [0.4, 0.5) is 0 Å². The summed E-state index contributed by atoms with van der Waals surface area (Å²) in [5, 5.41) is 14.9. The smallest absolute Gasteiger partial charge is 0.545 e. The summed E-state index contributed by atoms with van der Waals surface area (Å²) < 4.78 is 22.0. The van der Waals surface area contributed by atoms with Gasteiger partial charge in [-0.1, -0.05) is 23.2 Å². The number of aromatic carboxylic acids is 1. The molecule has 1 aromatic rings. The molecule has 0 saturated heterocycles. The van der Waals surface area contributed by atoms with E-state index in [1.165, 1.54) is 0 Å². The van der Waals surface area contributed by atoms with Crippen LogP contribution in [0.15, 0.2) is 17.0 Å². The number of carboxylic acids is 1. The zero-order chi connectivity index (χ0) is 11.8. The number of primary sulfonamides is 1. The van der Waals surface area contributed by atoms with Crippen LogP contribution in [0.5, 0.6) is 0 Å². The predicted molar refractivity (Wildman–Crippen MR) is 52.2 cm³/mol. The Hall–Kier alpha value is 0.180. The van der Waals surface area contributed by atoms with E-state index in [4.69, 9.17) is 28.3 Å². The number of nitrogens with two attached hydrogens (primary N) is 1. The zero-order valence-corrected chi connectivity index (χ0v) is 12.4. The van der Waals surface area contributed by atoms with Crippen molar-refractivity contribution in [2.45, 2.75) is 4.90 Å². The van der Waals surface area contributed by atoms with Gasteiger partial charge in [-0.15, -0.1) is 0 Å². The van der Waals surface area contributed by atoms with Gasteiger partial charge in [0.1, 0.15) is 4.90 Å². The van der Waals surface area contributed by atoms with Crippen molar-refractivity contribution in [2.24, 2.45) is 5.14 Å². The normalized spacial score (nSPS) is 10.7. The number of carbonyl (C=O) groups is 1. The first-order valence-corrected chi connectivity index (χ1v) is 5.77. The Morgan fingerprint density at radius 3 is 2.12 bits per heavy atom. The van der Waals surface area contributed by atoms with Crippen LogP contribution in [0.1, 0.15) is 10.4 Å². The molecule has 0 heterocycles. The molecule has 1 aromatic carbocycles. The fraction of sp³-hybridized carbons (Fsp3) is 0. The minimum atomic E-state index is -4.09. The third-order valence-corrected chi connectivity index (χ3v) is 3.24. The van der Waals surface area contributed by atoms with Crippen molar-refractivity contribution in [3.63, 3.8) is 0 Å². The summed E-state index contributed by atoms with van der Waals surface area (Å²) in [6.45, 7) is 0. The summed E-state index contributed by atoms with van der Waals surface area (Å²) in [6, 6.07) is 1.74. The van der Waals surface area contributed by atoms with Gasteiger partial charge in [-0.25, -0.2) is 13.6 Å². The van der Waals surface area contributed by atoms with Crippen molar-refractivity contribution in [2.75, 3.05) is 0 Å². The number of carboxylic acid groups (broad SMARTS) is 1. The molecule has 82 valence electrons. The molecule has 16 heavy (non-hydrogen) atoms. The Labute approximate surface area is 124 Å². The van der Waals surface area contributed by atoms with Gasteiger partial charge < -0.3 is 9.90 Å². The second-order valence-electron chi connectivity index (χ2n) is 2.59. The van der Waals surface area contributed by atoms with Crippen molar-refractivity contribution in [1.82, 2.24) is 0 Å². The van der Waals surface area contributed by atoms with Crippen LogP contribution in [0.3, 0.4) is 0 Å². The monoisotopic (exact) mass is 291 g/mol. The Bertz CT molecular complexity index is 531. The number of rotatable bonds is 2. The molecule has 0 unspecified atom stereocenters. The fourth-order valence-electron chi connectivity index (χ4n) is 0.904. The van der Waals surface area contributed by atoms with Gasteiger partial charge in [0.2, 0.25) is 10.0 Å². The molecule has 0 aromatic heterocycles. The molecule has 0 amide bonds. The molecular weight excluding hydrogens is 288 g/mol. The van der Waals surface area contributed by atoms with Crippen molar-refractivity contribution >= 4 is 39.2 Å². The van der Waals surface area contributed by atoms with E-state index in [1.807, 2.05) is 0 Å². The van der Waals surface area contributed by atoms with Gasteiger partial charge in [0.15, 0.2) is 0 Å². The maximum Gasteiger partial charge on any atom is 1.00 e. The topological polar surface area (TPSA) is 100 Å². The Balaban J connectivity index is 0.00000225. The molecule has 0 aliphatic rings. The third kappa shape index (κ3) is 3.59. The Kier molecular flexibility index (Phi) is 5.74. The van der Waals surface area contributed by atoms with Gasteiger partial charge in [-0.2, -0.15) is 0 Å². The van der Waals surface area contributed by atoms with Crippen LogP contribution in [0.2, 0.25) is 10.0 Å². The van der Waals surface area contributed by atoms with Gasteiger partial charge >= 0.3 is 29.6 Å². The molecule has 0 radical (unpaired) electrons. The Morgan fingerprint density at radius 2 is 1.75 bits per heavy atom. The van der Waals surface area contributed by atoms with Gasteiger partial charge in [-0.3, -0.25) is 0 Å². The van der Waals surface area contributed by atoms with Crippen LogP contribution >= 0.6 is 23.2 Å². The molecule has 0 saturated carbocycles. The molecule has 0 aliphatic heterocycles. The van der Waals surface area contributed by atoms with E-state index in [9.17, 15) is 18.3 Å². The van der Waals surface area contributed by atoms with E-state index in [1.54, 1.807) is 0 Å². The number of benzene rings is 1. The maximum atomic E-state index is 11.0. The summed E-state index contributed by atoms with van der Waals surface area (Å²) in [7, 11) is -4.09. The average Bonchev–Trinajstić information content (AvgIpc) is 2.00. The molecule has 0 bridgehead atoms. The first-order chi connectivity index (χ1) is 6.73. The van der Waals surface area contributed by atoms with Crippen molar-refractivity contribution < 1.29 is 47.9 Å². The van der Waals surface area contributed by atoms with Crippen molar-refractivity contribution in [3.8, 4) is 0 Å². The summed E-state index contributed by atoms with van der Waals surface area (Å²) in [4.78, 5) is 10.0. The fourth-order valence-corrected chi connectivity index (χ4v) is 2.30. The summed E-state index contributed by atoms with van der Waals surface area (Å²) >= 11 is 11.0. The van der Waals surface area contributed by atoms with E-state index in [0.717, 1.165) is 12.1 Å². The molecule has 2 N–H and O–H groups in total. The second kappa shape index (κ2) is 5.68. The quantitative estimate of drug-likeness (QED) is 0.587. The van der Waals surface area contributed by atoms with E-state index in [-0.39, 0.29) is 39.6 Å². The molecule has 0 aliphatic carbocycles. The number of carbonyl (C=O) groups excluding carboxylic acids is 1. The van der Waals surface area contributed by atoms with E-state index in [2.05, 4.69) is 0 Å². The molecule has 5 nitrogen and oxygen atoms in total. The molecule has 0 atom stereocenters. The third-order valence-electron chi connectivity index (χ3n) is 1.55. The van der Waals surface area contributed by atoms with Crippen molar-refractivity contribution in [3.05, 3.63) is 27.7 Å². The summed E-state index contributed by atoms with van der Waals surface area (Å²) in [5.41, 5.74) is -0.481. The standard InChI is InChI=1S/C7H5Cl2NO4S.Na/c8-4-2-5(9)6(15(10,13)14)1-3(4)7(11)12;/h1-2H,(H,11,12)(H2,10,13,14);/q;+1/p-1. The number of hydrogen-bond donors (Lipinski definition) is 1. The van der Waals surface area contributed by atoms with Gasteiger partial charge in [-0.05, 0) is 12.1 Å². The second-order valence-corrected chi connectivity index (χ2v) is 4.94. The summed E-state index contributed by atoms with van der Waals surface area (Å²) in [6.07, 6.45) is 0. The number of sulfonamides is 1. The van der Waals surface area contributed by atoms with Crippen LogP contribution in [-0.2, 0) is 10.0 Å². The van der Waals surface area contributed by atoms with E-state index in [0.29, 0.717) is 0 Å². The van der Waals surface area contributed by atoms with Crippen LogP contribution in [0.25, 0.3) is 0 Å². The van der Waals surface area contributed by atoms with Crippen LogP contribution < -0.4 is 39.8 Å². The molecule has 1 rings (SSSR count). The number of halogens is 2. The van der Waals surface area contributed by atoms with Gasteiger partial charge in [0.05, 0.1) is 16.0 Å². The average molecular weight is 292 g/mol. The first-order valence-electron chi connectivity index (χ1n) is 3.46. The first kappa shape index (κ1) is 16.2. The minimum Gasteiger partial charge on any atom is -0.545 e. The van der Waals surface area contributed by atoms with Crippen LogP contribution in [-0.4, -0.2) is 14.4 Å². The molecular formula is C7H4Cl2NNaO4S. The van der Waals surface area contributed by atoms with E-state index < -0.39 is 26.5 Å². The largest absolute Gasteiger partial charge is 1.00 e. The molecule has 9 heteroatoms. The predicted octanol–water partition coefficient (Wildman–Crippen LogP) is -2.99.